The fourth-order valence-electron chi connectivity index (χ4n) is 4.74. The number of benzene rings is 2. The molecule has 11 nitrogen and oxygen atoms in total. The van der Waals surface area contributed by atoms with Gasteiger partial charge in [-0.15, -0.1) is 0 Å². The van der Waals surface area contributed by atoms with Crippen LogP contribution in [0.2, 0.25) is 0 Å². The lowest BCUT2D eigenvalue weighted by atomic mass is 9.93. The minimum atomic E-state index is -3.98. The lowest BCUT2D eigenvalue weighted by Gasteiger charge is -2.35. The molecule has 3 aliphatic rings. The second-order valence-corrected chi connectivity index (χ2v) is 13.0. The number of anilines is 3. The first-order chi connectivity index (χ1) is 17.0. The zero-order valence-electron chi connectivity index (χ0n) is 19.3. The molecule has 2 heterocycles. The Bertz CT molecular complexity index is 1460. The molecule has 2 amide bonds. The Morgan fingerprint density at radius 3 is 2.42 bits per heavy atom. The van der Waals surface area contributed by atoms with Crippen LogP contribution in [-0.4, -0.2) is 59.2 Å². The predicted octanol–water partition coefficient (Wildman–Crippen LogP) is 1.49. The SMILES string of the molecule is O=C(Nc1ccc2c(c1)S(=O)(=O)NC2=O)c1ccc(NS(=O)(=O)CCO)cc1N1CCC2(CC1)CC2. The van der Waals surface area contributed by atoms with Gasteiger partial charge in [0, 0.05) is 18.8 Å². The fraction of sp³-hybridized carbons (Fsp3) is 0.391. The van der Waals surface area contributed by atoms with Crippen LogP contribution in [0.25, 0.3) is 0 Å². The van der Waals surface area contributed by atoms with Gasteiger partial charge in [0.15, 0.2) is 0 Å². The van der Waals surface area contributed by atoms with Crippen LogP contribution in [0, 0.1) is 5.41 Å². The molecule has 0 atom stereocenters. The van der Waals surface area contributed by atoms with Gasteiger partial charge >= 0.3 is 0 Å². The molecular formula is C23H26N4O7S2. The summed E-state index contributed by atoms with van der Waals surface area (Å²) in [6.45, 7) is 0.921. The second-order valence-electron chi connectivity index (χ2n) is 9.46. The van der Waals surface area contributed by atoms with Crippen LogP contribution >= 0.6 is 0 Å². The topological polar surface area (TPSA) is 162 Å². The fourth-order valence-corrected chi connectivity index (χ4v) is 6.76. The van der Waals surface area contributed by atoms with E-state index in [0.29, 0.717) is 16.7 Å². The molecule has 1 aliphatic carbocycles. The van der Waals surface area contributed by atoms with Crippen LogP contribution < -0.4 is 19.7 Å². The quantitative estimate of drug-likeness (QED) is 0.415. The number of carbonyl (C=O) groups is 2. The van der Waals surface area contributed by atoms with Crippen LogP contribution in [0.3, 0.4) is 0 Å². The monoisotopic (exact) mass is 534 g/mol. The summed E-state index contributed by atoms with van der Waals surface area (Å²) in [6.07, 6.45) is 4.37. The number of sulfonamides is 2. The first kappa shape index (κ1) is 24.5. The number of rotatable bonds is 7. The van der Waals surface area contributed by atoms with Gasteiger partial charge in [0.1, 0.15) is 4.90 Å². The number of fused-ring (bicyclic) bond motifs is 1. The van der Waals surface area contributed by atoms with E-state index in [1.54, 1.807) is 6.07 Å². The van der Waals surface area contributed by atoms with E-state index in [0.717, 1.165) is 25.9 Å². The molecule has 1 saturated carbocycles. The molecule has 1 saturated heterocycles. The van der Waals surface area contributed by atoms with E-state index >= 15 is 0 Å². The van der Waals surface area contributed by atoms with Gasteiger partial charge in [-0.25, -0.2) is 21.6 Å². The lowest BCUT2D eigenvalue weighted by molar-refractivity contribution is 0.0983. The Balaban J connectivity index is 1.44. The standard InChI is InChI=1S/C23H26N4O7S2/c28-11-12-35(31,32)25-16-2-3-17(19(13-16)27-9-7-23(5-6-23)8-10-27)21(29)24-15-1-4-18-20(14-15)36(33,34)26-22(18)30/h1-4,13-14,25,28H,5-12H2,(H,24,29)(H,26,30). The summed E-state index contributed by atoms with van der Waals surface area (Å²) in [5.74, 6) is -1.67. The predicted molar refractivity (Wildman–Crippen MR) is 133 cm³/mol. The maximum absolute atomic E-state index is 13.3. The Kier molecular flexibility index (Phi) is 5.96. The number of piperidine rings is 1. The molecule has 13 heteroatoms. The molecule has 2 aliphatic heterocycles. The van der Waals surface area contributed by atoms with E-state index in [-0.39, 0.29) is 21.8 Å². The third-order valence-electron chi connectivity index (χ3n) is 7.00. The molecule has 0 bridgehead atoms. The molecular weight excluding hydrogens is 508 g/mol. The van der Waals surface area contributed by atoms with E-state index < -0.39 is 44.2 Å². The number of nitrogens with one attached hydrogen (secondary N) is 3. The molecule has 2 fully saturated rings. The van der Waals surface area contributed by atoms with Crippen molar-refractivity contribution in [2.45, 2.75) is 30.6 Å². The van der Waals surface area contributed by atoms with Crippen molar-refractivity contribution >= 4 is 48.9 Å². The third-order valence-corrected chi connectivity index (χ3v) is 9.64. The van der Waals surface area contributed by atoms with Gasteiger partial charge in [-0.3, -0.25) is 14.3 Å². The molecule has 2 aromatic carbocycles. The minimum Gasteiger partial charge on any atom is -0.395 e. The van der Waals surface area contributed by atoms with Gasteiger partial charge in [0.2, 0.25) is 10.0 Å². The number of amides is 2. The smallest absolute Gasteiger partial charge is 0.266 e. The van der Waals surface area contributed by atoms with Crippen molar-refractivity contribution in [2.24, 2.45) is 5.41 Å². The Morgan fingerprint density at radius 2 is 1.75 bits per heavy atom. The van der Waals surface area contributed by atoms with Gasteiger partial charge in [0.25, 0.3) is 21.8 Å². The zero-order valence-corrected chi connectivity index (χ0v) is 20.9. The normalized spacial score (nSPS) is 19.5. The summed E-state index contributed by atoms with van der Waals surface area (Å²) in [6, 6.07) is 8.60. The summed E-state index contributed by atoms with van der Waals surface area (Å²) in [5, 5.41) is 11.7. The van der Waals surface area contributed by atoms with Gasteiger partial charge in [-0.05, 0) is 67.5 Å². The van der Waals surface area contributed by atoms with Crippen LogP contribution in [0.1, 0.15) is 46.4 Å². The average molecular weight is 535 g/mol. The van der Waals surface area contributed by atoms with Crippen LogP contribution in [0.4, 0.5) is 17.1 Å². The van der Waals surface area contributed by atoms with E-state index in [9.17, 15) is 26.4 Å². The third kappa shape index (κ3) is 4.77. The van der Waals surface area contributed by atoms with Crippen molar-refractivity contribution in [3.63, 3.8) is 0 Å². The van der Waals surface area contributed by atoms with Gasteiger partial charge in [-0.2, -0.15) is 0 Å². The van der Waals surface area contributed by atoms with Crippen molar-refractivity contribution in [1.82, 2.24) is 4.72 Å². The van der Waals surface area contributed by atoms with E-state index in [4.69, 9.17) is 5.11 Å². The largest absolute Gasteiger partial charge is 0.395 e. The van der Waals surface area contributed by atoms with Crippen LogP contribution in [-0.2, 0) is 20.0 Å². The second kappa shape index (κ2) is 8.75. The summed E-state index contributed by atoms with van der Waals surface area (Å²) in [7, 11) is -7.73. The Morgan fingerprint density at radius 1 is 1.06 bits per heavy atom. The zero-order chi connectivity index (χ0) is 25.7. The van der Waals surface area contributed by atoms with E-state index in [2.05, 4.69) is 14.9 Å². The van der Waals surface area contributed by atoms with Crippen LogP contribution in [0.5, 0.6) is 0 Å². The highest BCUT2D eigenvalue weighted by atomic mass is 32.2. The number of nitrogens with zero attached hydrogens (tertiary/aromatic N) is 1. The maximum Gasteiger partial charge on any atom is 0.266 e. The van der Waals surface area contributed by atoms with Crippen LogP contribution in [0.15, 0.2) is 41.3 Å². The summed E-state index contributed by atoms with van der Waals surface area (Å²) < 4.78 is 53.0. The Labute approximate surface area is 209 Å². The van der Waals surface area contributed by atoms with Crippen molar-refractivity contribution in [3.05, 3.63) is 47.5 Å². The lowest BCUT2D eigenvalue weighted by Crippen LogP contribution is -2.35. The highest BCUT2D eigenvalue weighted by Crippen LogP contribution is 2.54. The van der Waals surface area contributed by atoms with Crippen molar-refractivity contribution in [3.8, 4) is 0 Å². The minimum absolute atomic E-state index is 0.00975. The average Bonchev–Trinajstić information content (AvgIpc) is 3.52. The summed E-state index contributed by atoms with van der Waals surface area (Å²) in [5.41, 5.74) is 1.72. The number of hydrogen-bond acceptors (Lipinski definition) is 8. The molecule has 0 aromatic heterocycles. The molecule has 5 rings (SSSR count). The molecule has 192 valence electrons. The maximum atomic E-state index is 13.3. The molecule has 4 N–H and O–H groups in total. The Hall–Kier alpha value is -3.16. The molecule has 36 heavy (non-hydrogen) atoms. The first-order valence-corrected chi connectivity index (χ1v) is 14.7. The molecule has 2 aromatic rings. The highest BCUT2D eigenvalue weighted by Gasteiger charge is 2.44. The highest BCUT2D eigenvalue weighted by molar-refractivity contribution is 7.92. The first-order valence-electron chi connectivity index (χ1n) is 11.5. The van der Waals surface area contributed by atoms with Crippen molar-refractivity contribution in [1.29, 1.82) is 0 Å². The van der Waals surface area contributed by atoms with Gasteiger partial charge < -0.3 is 15.3 Å². The summed E-state index contributed by atoms with van der Waals surface area (Å²) in [4.78, 5) is 27.0. The molecule has 0 radical (unpaired) electrons. The molecule has 0 unspecified atom stereocenters. The summed E-state index contributed by atoms with van der Waals surface area (Å²) >= 11 is 0. The van der Waals surface area contributed by atoms with Crippen molar-refractivity contribution < 1.29 is 31.5 Å². The van der Waals surface area contributed by atoms with E-state index in [1.165, 1.54) is 43.2 Å². The number of aliphatic hydroxyl groups excluding tert-OH is 1. The molecule has 1 spiro atoms. The van der Waals surface area contributed by atoms with E-state index in [1.807, 2.05) is 4.72 Å². The van der Waals surface area contributed by atoms with Crippen molar-refractivity contribution in [2.75, 3.05) is 40.4 Å². The number of aliphatic hydroxyl groups is 1. The van der Waals surface area contributed by atoms with Gasteiger partial charge in [0.05, 0.1) is 34.9 Å². The van der Waals surface area contributed by atoms with Gasteiger partial charge in [-0.1, -0.05) is 0 Å². The number of hydrogen-bond donors (Lipinski definition) is 4. The number of carbonyl (C=O) groups excluding carboxylic acids is 2.